The first kappa shape index (κ1) is 20.1. The Morgan fingerprint density at radius 2 is 1.76 bits per heavy atom. The fourth-order valence-electron chi connectivity index (χ4n) is 2.65. The zero-order valence-corrected chi connectivity index (χ0v) is 16.2. The number of carbonyl (C=O) groups excluding carboxylic acids is 3. The molecule has 0 fully saturated rings. The Bertz CT molecular complexity index is 1010. The maximum absolute atomic E-state index is 12.3. The number of nitrogens with one attached hydrogen (secondary N) is 2. The SMILES string of the molecule is CC(C)CNC(=O)c1ccccc1NC(=O)COC(=O)c1cc2ccccc2o1. The van der Waals surface area contributed by atoms with Gasteiger partial charge in [-0.2, -0.15) is 0 Å². The van der Waals surface area contributed by atoms with Gasteiger partial charge in [0.1, 0.15) is 5.58 Å². The highest BCUT2D eigenvalue weighted by atomic mass is 16.5. The van der Waals surface area contributed by atoms with Crippen LogP contribution < -0.4 is 10.6 Å². The Labute approximate surface area is 168 Å². The number of carbonyl (C=O) groups is 3. The molecule has 3 aromatic rings. The smallest absolute Gasteiger partial charge is 0.374 e. The predicted molar refractivity (Wildman–Crippen MR) is 109 cm³/mol. The Kier molecular flexibility index (Phi) is 6.29. The number of benzene rings is 2. The molecule has 0 saturated heterocycles. The molecule has 2 N–H and O–H groups in total. The van der Waals surface area contributed by atoms with Gasteiger partial charge in [0.05, 0.1) is 11.3 Å². The molecular formula is C22H22N2O5. The van der Waals surface area contributed by atoms with Gasteiger partial charge in [0, 0.05) is 11.9 Å². The molecule has 1 aromatic heterocycles. The second-order valence-electron chi connectivity index (χ2n) is 6.92. The van der Waals surface area contributed by atoms with Crippen molar-refractivity contribution in [1.82, 2.24) is 5.32 Å². The summed E-state index contributed by atoms with van der Waals surface area (Å²) >= 11 is 0. The Balaban J connectivity index is 1.59. The van der Waals surface area contributed by atoms with Crippen LogP contribution in [0.1, 0.15) is 34.8 Å². The second kappa shape index (κ2) is 9.05. The van der Waals surface area contributed by atoms with E-state index in [1.807, 2.05) is 26.0 Å². The van der Waals surface area contributed by atoms with Crippen molar-refractivity contribution in [1.29, 1.82) is 0 Å². The zero-order valence-electron chi connectivity index (χ0n) is 16.2. The molecule has 150 valence electrons. The molecule has 1 heterocycles. The van der Waals surface area contributed by atoms with Crippen LogP contribution in [0.25, 0.3) is 11.0 Å². The molecule has 7 nitrogen and oxygen atoms in total. The topological polar surface area (TPSA) is 97.6 Å². The molecule has 0 bridgehead atoms. The van der Waals surface area contributed by atoms with E-state index >= 15 is 0 Å². The van der Waals surface area contributed by atoms with Gasteiger partial charge in [-0.25, -0.2) is 4.79 Å². The van der Waals surface area contributed by atoms with E-state index in [1.165, 1.54) is 0 Å². The maximum Gasteiger partial charge on any atom is 0.374 e. The quantitative estimate of drug-likeness (QED) is 0.597. The molecule has 0 atom stereocenters. The number of hydrogen-bond donors (Lipinski definition) is 2. The summed E-state index contributed by atoms with van der Waals surface area (Å²) < 4.78 is 10.4. The van der Waals surface area contributed by atoms with Crippen molar-refractivity contribution in [3.63, 3.8) is 0 Å². The van der Waals surface area contributed by atoms with Gasteiger partial charge in [0.25, 0.3) is 11.8 Å². The van der Waals surface area contributed by atoms with E-state index in [9.17, 15) is 14.4 Å². The number of para-hydroxylation sites is 2. The van der Waals surface area contributed by atoms with Crippen LogP contribution in [0.15, 0.2) is 59.0 Å². The summed E-state index contributed by atoms with van der Waals surface area (Å²) in [6, 6.07) is 15.4. The molecule has 0 aliphatic rings. The molecule has 0 spiro atoms. The van der Waals surface area contributed by atoms with Crippen LogP contribution in [0.3, 0.4) is 0 Å². The largest absolute Gasteiger partial charge is 0.450 e. The van der Waals surface area contributed by atoms with E-state index < -0.39 is 18.5 Å². The normalized spacial score (nSPS) is 10.7. The van der Waals surface area contributed by atoms with Gasteiger partial charge < -0.3 is 19.8 Å². The maximum atomic E-state index is 12.3. The standard InChI is InChI=1S/C22H22N2O5/c1-14(2)12-23-21(26)16-8-4-5-9-17(16)24-20(25)13-28-22(27)19-11-15-7-3-6-10-18(15)29-19/h3-11,14H,12-13H2,1-2H3,(H,23,26)(H,24,25). The number of hydrogen-bond acceptors (Lipinski definition) is 5. The third-order valence-electron chi connectivity index (χ3n) is 4.08. The molecule has 0 aliphatic heterocycles. The Morgan fingerprint density at radius 1 is 1.03 bits per heavy atom. The van der Waals surface area contributed by atoms with E-state index in [0.29, 0.717) is 29.3 Å². The van der Waals surface area contributed by atoms with Crippen LogP contribution in [0.4, 0.5) is 5.69 Å². The first-order valence-electron chi connectivity index (χ1n) is 9.27. The number of amides is 2. The molecular weight excluding hydrogens is 372 g/mol. The number of fused-ring (bicyclic) bond motifs is 1. The summed E-state index contributed by atoms with van der Waals surface area (Å²) in [7, 11) is 0. The average Bonchev–Trinajstić information content (AvgIpc) is 3.15. The van der Waals surface area contributed by atoms with Crippen molar-refractivity contribution in [2.45, 2.75) is 13.8 Å². The Hall–Kier alpha value is -3.61. The van der Waals surface area contributed by atoms with Crippen molar-refractivity contribution >= 4 is 34.4 Å². The average molecular weight is 394 g/mol. The van der Waals surface area contributed by atoms with Crippen molar-refractivity contribution in [3.05, 3.63) is 65.9 Å². The number of ether oxygens (including phenoxy) is 1. The van der Waals surface area contributed by atoms with Gasteiger partial charge in [-0.1, -0.05) is 44.2 Å². The van der Waals surface area contributed by atoms with Gasteiger partial charge in [0.15, 0.2) is 6.61 Å². The van der Waals surface area contributed by atoms with E-state index in [4.69, 9.17) is 9.15 Å². The predicted octanol–water partition coefficient (Wildman–Crippen LogP) is 3.61. The van der Waals surface area contributed by atoms with E-state index in [2.05, 4.69) is 10.6 Å². The molecule has 0 aliphatic carbocycles. The van der Waals surface area contributed by atoms with Gasteiger partial charge in [-0.15, -0.1) is 0 Å². The molecule has 0 unspecified atom stereocenters. The van der Waals surface area contributed by atoms with Crippen molar-refractivity contribution in [2.75, 3.05) is 18.5 Å². The zero-order chi connectivity index (χ0) is 20.8. The molecule has 0 saturated carbocycles. The monoisotopic (exact) mass is 394 g/mol. The summed E-state index contributed by atoms with van der Waals surface area (Å²) in [5.74, 6) is -1.25. The first-order valence-corrected chi connectivity index (χ1v) is 9.27. The highest BCUT2D eigenvalue weighted by Gasteiger charge is 2.17. The van der Waals surface area contributed by atoms with Crippen LogP contribution >= 0.6 is 0 Å². The number of rotatable bonds is 7. The van der Waals surface area contributed by atoms with E-state index in [1.54, 1.807) is 42.5 Å². The van der Waals surface area contributed by atoms with Crippen molar-refractivity contribution < 1.29 is 23.5 Å². The van der Waals surface area contributed by atoms with Crippen LogP contribution in [0, 0.1) is 5.92 Å². The van der Waals surface area contributed by atoms with Crippen LogP contribution in [-0.2, 0) is 9.53 Å². The molecule has 29 heavy (non-hydrogen) atoms. The number of furan rings is 1. The summed E-state index contributed by atoms with van der Waals surface area (Å²) in [6.07, 6.45) is 0. The van der Waals surface area contributed by atoms with Gasteiger partial charge in [-0.05, 0) is 30.2 Å². The minimum atomic E-state index is -0.737. The lowest BCUT2D eigenvalue weighted by molar-refractivity contribution is -0.119. The lowest BCUT2D eigenvalue weighted by Crippen LogP contribution is -2.29. The highest BCUT2D eigenvalue weighted by Crippen LogP contribution is 2.19. The first-order chi connectivity index (χ1) is 13.9. The second-order valence-corrected chi connectivity index (χ2v) is 6.92. The summed E-state index contributed by atoms with van der Waals surface area (Å²) in [5.41, 5.74) is 1.24. The lowest BCUT2D eigenvalue weighted by Gasteiger charge is -2.12. The Morgan fingerprint density at radius 3 is 2.52 bits per heavy atom. The molecule has 2 amide bonds. The summed E-state index contributed by atoms with van der Waals surface area (Å²) in [4.78, 5) is 36.7. The van der Waals surface area contributed by atoms with Gasteiger partial charge >= 0.3 is 5.97 Å². The fourth-order valence-corrected chi connectivity index (χ4v) is 2.65. The summed E-state index contributed by atoms with van der Waals surface area (Å²) in [6.45, 7) is 4.00. The number of esters is 1. The third-order valence-corrected chi connectivity index (χ3v) is 4.08. The van der Waals surface area contributed by atoms with Crippen molar-refractivity contribution in [2.24, 2.45) is 5.92 Å². The minimum absolute atomic E-state index is 0.0208. The van der Waals surface area contributed by atoms with Crippen LogP contribution in [0.5, 0.6) is 0 Å². The van der Waals surface area contributed by atoms with E-state index in [-0.39, 0.29) is 11.7 Å². The molecule has 7 heteroatoms. The molecule has 2 aromatic carbocycles. The minimum Gasteiger partial charge on any atom is -0.450 e. The van der Waals surface area contributed by atoms with Crippen LogP contribution in [-0.4, -0.2) is 30.9 Å². The number of anilines is 1. The molecule has 3 rings (SSSR count). The fraction of sp³-hybridized carbons (Fsp3) is 0.227. The highest BCUT2D eigenvalue weighted by molar-refractivity contribution is 6.04. The van der Waals surface area contributed by atoms with Crippen LogP contribution in [0.2, 0.25) is 0 Å². The van der Waals surface area contributed by atoms with E-state index in [0.717, 1.165) is 5.39 Å². The summed E-state index contributed by atoms with van der Waals surface area (Å²) in [5, 5.41) is 6.18. The molecule has 0 radical (unpaired) electrons. The van der Waals surface area contributed by atoms with Gasteiger partial charge in [-0.3, -0.25) is 9.59 Å². The lowest BCUT2D eigenvalue weighted by atomic mass is 10.1. The van der Waals surface area contributed by atoms with Gasteiger partial charge in [0.2, 0.25) is 5.76 Å². The van der Waals surface area contributed by atoms with Crippen molar-refractivity contribution in [3.8, 4) is 0 Å². The third kappa shape index (κ3) is 5.22.